The van der Waals surface area contributed by atoms with Crippen molar-refractivity contribution in [2.24, 2.45) is 10.9 Å². The summed E-state index contributed by atoms with van der Waals surface area (Å²) in [5.41, 5.74) is 0.940. The zero-order chi connectivity index (χ0) is 17.1. The van der Waals surface area contributed by atoms with E-state index in [1.807, 2.05) is 13.8 Å². The van der Waals surface area contributed by atoms with Crippen molar-refractivity contribution in [3.63, 3.8) is 0 Å². The van der Waals surface area contributed by atoms with Crippen LogP contribution in [-0.4, -0.2) is 24.0 Å². The van der Waals surface area contributed by atoms with Crippen LogP contribution >= 0.6 is 0 Å². The summed E-state index contributed by atoms with van der Waals surface area (Å²) >= 11 is 0. The summed E-state index contributed by atoms with van der Waals surface area (Å²) in [6, 6.07) is 0. The minimum absolute atomic E-state index is 0.470. The van der Waals surface area contributed by atoms with Gasteiger partial charge in [0.2, 0.25) is 5.89 Å². The van der Waals surface area contributed by atoms with Gasteiger partial charge in [-0.1, -0.05) is 33.1 Å². The van der Waals surface area contributed by atoms with Crippen molar-refractivity contribution in [3.05, 3.63) is 17.3 Å². The van der Waals surface area contributed by atoms with Gasteiger partial charge in [0.1, 0.15) is 12.3 Å². The minimum atomic E-state index is 0.470. The monoisotopic (exact) mass is 322 g/mol. The van der Waals surface area contributed by atoms with Gasteiger partial charge in [0.05, 0.1) is 5.69 Å². The van der Waals surface area contributed by atoms with E-state index in [1.54, 1.807) is 0 Å². The van der Waals surface area contributed by atoms with Crippen molar-refractivity contribution in [2.45, 2.75) is 73.3 Å². The highest BCUT2D eigenvalue weighted by Crippen LogP contribution is 2.14. The second-order valence-electron chi connectivity index (χ2n) is 6.12. The van der Waals surface area contributed by atoms with Gasteiger partial charge in [-0.25, -0.2) is 9.98 Å². The van der Waals surface area contributed by atoms with Crippen LogP contribution < -0.4 is 10.6 Å². The Labute approximate surface area is 141 Å². The fourth-order valence-electron chi connectivity index (χ4n) is 2.59. The maximum atomic E-state index is 5.59. The van der Waals surface area contributed by atoms with Crippen LogP contribution in [-0.2, 0) is 6.54 Å². The van der Waals surface area contributed by atoms with E-state index in [0.29, 0.717) is 12.4 Å². The highest BCUT2D eigenvalue weighted by molar-refractivity contribution is 5.79. The molecule has 0 aliphatic carbocycles. The Morgan fingerprint density at radius 3 is 2.48 bits per heavy atom. The molecule has 1 atom stereocenters. The molecule has 23 heavy (non-hydrogen) atoms. The van der Waals surface area contributed by atoms with Crippen molar-refractivity contribution in [2.75, 3.05) is 13.1 Å². The van der Waals surface area contributed by atoms with Gasteiger partial charge in [0.15, 0.2) is 5.96 Å². The Hall–Kier alpha value is -1.52. The van der Waals surface area contributed by atoms with E-state index >= 15 is 0 Å². The third-order valence-corrected chi connectivity index (χ3v) is 4.01. The van der Waals surface area contributed by atoms with E-state index < -0.39 is 0 Å². The Morgan fingerprint density at radius 2 is 1.91 bits per heavy atom. The number of unbranched alkanes of at least 4 members (excludes halogenated alkanes) is 1. The molecule has 0 aliphatic heterocycles. The maximum Gasteiger partial charge on any atom is 0.216 e. The smallest absolute Gasteiger partial charge is 0.216 e. The van der Waals surface area contributed by atoms with E-state index in [4.69, 9.17) is 4.42 Å². The molecule has 0 aliphatic rings. The zero-order valence-electron chi connectivity index (χ0n) is 15.5. The molecule has 1 aromatic rings. The topological polar surface area (TPSA) is 62.5 Å². The lowest BCUT2D eigenvalue weighted by atomic mass is 9.97. The summed E-state index contributed by atoms with van der Waals surface area (Å²) in [6.45, 7) is 12.8. The number of aromatic nitrogens is 1. The van der Waals surface area contributed by atoms with Gasteiger partial charge in [-0.3, -0.25) is 0 Å². The van der Waals surface area contributed by atoms with Gasteiger partial charge < -0.3 is 15.1 Å². The maximum absolute atomic E-state index is 5.59. The van der Waals surface area contributed by atoms with Crippen LogP contribution in [0, 0.1) is 19.8 Å². The first-order valence-corrected chi connectivity index (χ1v) is 9.05. The van der Waals surface area contributed by atoms with E-state index in [1.165, 1.54) is 32.1 Å². The second kappa shape index (κ2) is 11.1. The standard InChI is InChI=1S/C18H34N4O/c1-6-9-11-16(10-7-2)12-20-18(19-8-3)21-13-17-22-14(4)15(5)23-17/h16H,6-13H2,1-5H3,(H2,19,20,21). The van der Waals surface area contributed by atoms with Gasteiger partial charge in [0, 0.05) is 13.1 Å². The molecule has 0 radical (unpaired) electrons. The molecule has 0 saturated carbocycles. The third-order valence-electron chi connectivity index (χ3n) is 4.01. The number of hydrogen-bond donors (Lipinski definition) is 2. The van der Waals surface area contributed by atoms with Crippen LogP contribution in [0.1, 0.15) is 70.2 Å². The van der Waals surface area contributed by atoms with Crippen molar-refractivity contribution in [3.8, 4) is 0 Å². The number of aryl methyl sites for hydroxylation is 2. The van der Waals surface area contributed by atoms with Gasteiger partial charge in [-0.2, -0.15) is 0 Å². The van der Waals surface area contributed by atoms with Gasteiger partial charge in [0.25, 0.3) is 0 Å². The van der Waals surface area contributed by atoms with E-state index in [-0.39, 0.29) is 0 Å². The van der Waals surface area contributed by atoms with Crippen molar-refractivity contribution >= 4 is 5.96 Å². The molecule has 1 aromatic heterocycles. The summed E-state index contributed by atoms with van der Waals surface area (Å²) in [4.78, 5) is 8.97. The average Bonchev–Trinajstić information content (AvgIpc) is 2.85. The Kier molecular flexibility index (Phi) is 9.41. The van der Waals surface area contributed by atoms with E-state index in [9.17, 15) is 0 Å². The SMILES string of the molecule is CCCCC(CCC)CNC(=NCc1nc(C)c(C)o1)NCC. The summed E-state index contributed by atoms with van der Waals surface area (Å²) in [5, 5.41) is 6.77. The van der Waals surface area contributed by atoms with Gasteiger partial charge in [-0.05, 0) is 39.5 Å². The van der Waals surface area contributed by atoms with E-state index in [0.717, 1.165) is 36.4 Å². The lowest BCUT2D eigenvalue weighted by Crippen LogP contribution is -2.39. The molecule has 5 heteroatoms. The van der Waals surface area contributed by atoms with Crippen molar-refractivity contribution < 1.29 is 4.42 Å². The van der Waals surface area contributed by atoms with Gasteiger partial charge >= 0.3 is 0 Å². The lowest BCUT2D eigenvalue weighted by molar-refractivity contribution is 0.422. The Bertz CT molecular complexity index is 448. The number of hydrogen-bond acceptors (Lipinski definition) is 3. The Morgan fingerprint density at radius 1 is 1.13 bits per heavy atom. The lowest BCUT2D eigenvalue weighted by Gasteiger charge is -2.18. The summed E-state index contributed by atoms with van der Waals surface area (Å²) < 4.78 is 5.59. The fourth-order valence-corrected chi connectivity index (χ4v) is 2.59. The molecule has 0 fully saturated rings. The first-order chi connectivity index (χ1) is 11.1. The largest absolute Gasteiger partial charge is 0.444 e. The predicted octanol–water partition coefficient (Wildman–Crippen LogP) is 3.95. The highest BCUT2D eigenvalue weighted by atomic mass is 16.4. The minimum Gasteiger partial charge on any atom is -0.444 e. The predicted molar refractivity (Wildman–Crippen MR) is 96.7 cm³/mol. The molecule has 0 spiro atoms. The molecule has 2 N–H and O–H groups in total. The van der Waals surface area contributed by atoms with E-state index in [2.05, 4.69) is 41.4 Å². The molecule has 1 unspecified atom stereocenters. The quantitative estimate of drug-likeness (QED) is 0.506. The number of nitrogens with zero attached hydrogens (tertiary/aromatic N) is 2. The molecule has 0 amide bonds. The van der Waals surface area contributed by atoms with Crippen LogP contribution in [0.15, 0.2) is 9.41 Å². The first-order valence-electron chi connectivity index (χ1n) is 9.05. The molecule has 1 heterocycles. The number of aliphatic imine (C=N–C) groups is 1. The molecule has 5 nitrogen and oxygen atoms in total. The normalized spacial score (nSPS) is 13.2. The van der Waals surface area contributed by atoms with Crippen LogP contribution in [0.4, 0.5) is 0 Å². The number of nitrogens with one attached hydrogen (secondary N) is 2. The van der Waals surface area contributed by atoms with Gasteiger partial charge in [-0.15, -0.1) is 0 Å². The molecule has 0 saturated heterocycles. The summed E-state index contributed by atoms with van der Waals surface area (Å²) in [5.74, 6) is 3.11. The molecule has 0 bridgehead atoms. The molecule has 1 rings (SSSR count). The van der Waals surface area contributed by atoms with Crippen LogP contribution in [0.5, 0.6) is 0 Å². The number of guanidine groups is 1. The third kappa shape index (κ3) is 7.53. The summed E-state index contributed by atoms with van der Waals surface area (Å²) in [6.07, 6.45) is 6.35. The molecule has 0 aromatic carbocycles. The zero-order valence-corrected chi connectivity index (χ0v) is 15.5. The molecule has 132 valence electrons. The Balaban J connectivity index is 2.56. The number of oxazole rings is 1. The van der Waals surface area contributed by atoms with Crippen LogP contribution in [0.3, 0.4) is 0 Å². The number of rotatable bonds is 10. The second-order valence-corrected chi connectivity index (χ2v) is 6.12. The molecular weight excluding hydrogens is 288 g/mol. The van der Waals surface area contributed by atoms with Crippen molar-refractivity contribution in [1.29, 1.82) is 0 Å². The van der Waals surface area contributed by atoms with Crippen LogP contribution in [0.25, 0.3) is 0 Å². The van der Waals surface area contributed by atoms with Crippen LogP contribution in [0.2, 0.25) is 0 Å². The fraction of sp³-hybridized carbons (Fsp3) is 0.778. The summed E-state index contributed by atoms with van der Waals surface area (Å²) in [7, 11) is 0. The molecular formula is C18H34N4O. The first kappa shape index (κ1) is 19.5. The highest BCUT2D eigenvalue weighted by Gasteiger charge is 2.09. The average molecular weight is 322 g/mol. The van der Waals surface area contributed by atoms with Crippen molar-refractivity contribution in [1.82, 2.24) is 15.6 Å².